The number of nitrogens with two attached hydrogens (primary N) is 1. The fraction of sp³-hybridized carbons (Fsp3) is 0.462. The Balaban J connectivity index is 2.59. The smallest absolute Gasteiger partial charge is 0.242 e. The van der Waals surface area contributed by atoms with Gasteiger partial charge < -0.3 is 10.5 Å². The molecular formula is C13H19N3O3S. The third kappa shape index (κ3) is 4.81. The lowest BCUT2D eigenvalue weighted by atomic mass is 10.2. The molecule has 1 aromatic carbocycles. The third-order valence-electron chi connectivity index (χ3n) is 2.61. The Morgan fingerprint density at radius 3 is 2.75 bits per heavy atom. The van der Waals surface area contributed by atoms with Crippen LogP contribution < -0.4 is 10.5 Å². The number of sulfonamides is 1. The van der Waals surface area contributed by atoms with Gasteiger partial charge in [0.1, 0.15) is 4.90 Å². The van der Waals surface area contributed by atoms with Crippen LogP contribution in [0.2, 0.25) is 0 Å². The number of hydrogen-bond donors (Lipinski definition) is 2. The highest BCUT2D eigenvalue weighted by Crippen LogP contribution is 2.19. The number of anilines is 1. The molecule has 20 heavy (non-hydrogen) atoms. The van der Waals surface area contributed by atoms with Gasteiger partial charge in [-0.05, 0) is 24.6 Å². The summed E-state index contributed by atoms with van der Waals surface area (Å²) in [5.74, 6) is 0. The van der Waals surface area contributed by atoms with E-state index in [1.54, 1.807) is 0 Å². The zero-order chi connectivity index (χ0) is 15.0. The second kappa shape index (κ2) is 7.85. The monoisotopic (exact) mass is 297 g/mol. The number of ether oxygens (including phenoxy) is 1. The minimum Gasteiger partial charge on any atom is -0.398 e. The maximum absolute atomic E-state index is 12.0. The van der Waals surface area contributed by atoms with Crippen molar-refractivity contribution in [3.8, 4) is 6.07 Å². The normalized spacial score (nSPS) is 11.2. The first-order chi connectivity index (χ1) is 9.51. The van der Waals surface area contributed by atoms with Gasteiger partial charge in [0.15, 0.2) is 0 Å². The minimum absolute atomic E-state index is 0.0231. The summed E-state index contributed by atoms with van der Waals surface area (Å²) in [6.07, 6.45) is 1.99. The van der Waals surface area contributed by atoms with Crippen molar-refractivity contribution in [2.24, 2.45) is 0 Å². The van der Waals surface area contributed by atoms with Gasteiger partial charge in [-0.2, -0.15) is 5.26 Å². The van der Waals surface area contributed by atoms with Crippen molar-refractivity contribution in [1.29, 1.82) is 5.26 Å². The minimum atomic E-state index is -3.67. The SMILES string of the molecule is CCCCOCCNS(=O)(=O)c1ccc(C#N)cc1N. The Morgan fingerprint density at radius 2 is 2.15 bits per heavy atom. The zero-order valence-electron chi connectivity index (χ0n) is 11.4. The van der Waals surface area contributed by atoms with E-state index in [-0.39, 0.29) is 17.1 Å². The number of hydrogen-bond acceptors (Lipinski definition) is 5. The number of nitrogens with zero attached hydrogens (tertiary/aromatic N) is 1. The molecule has 7 heteroatoms. The Kier molecular flexibility index (Phi) is 6.45. The molecule has 0 radical (unpaired) electrons. The summed E-state index contributed by atoms with van der Waals surface area (Å²) in [5, 5.41) is 8.71. The van der Waals surface area contributed by atoms with Gasteiger partial charge in [-0.3, -0.25) is 0 Å². The summed E-state index contributed by atoms with van der Waals surface area (Å²) in [4.78, 5) is -0.0231. The lowest BCUT2D eigenvalue weighted by Gasteiger charge is -2.09. The van der Waals surface area contributed by atoms with Crippen LogP contribution in [0.25, 0.3) is 0 Å². The molecule has 0 heterocycles. The molecule has 1 aromatic rings. The lowest BCUT2D eigenvalue weighted by Crippen LogP contribution is -2.28. The van der Waals surface area contributed by atoms with E-state index < -0.39 is 10.0 Å². The topological polar surface area (TPSA) is 105 Å². The summed E-state index contributed by atoms with van der Waals surface area (Å²) in [6.45, 7) is 3.18. The number of nitriles is 1. The van der Waals surface area contributed by atoms with Crippen LogP contribution in [-0.4, -0.2) is 28.2 Å². The molecule has 0 saturated heterocycles. The van der Waals surface area contributed by atoms with Crippen molar-refractivity contribution in [2.45, 2.75) is 24.7 Å². The largest absolute Gasteiger partial charge is 0.398 e. The summed E-state index contributed by atoms with van der Waals surface area (Å²) in [5.41, 5.74) is 6.03. The van der Waals surface area contributed by atoms with E-state index >= 15 is 0 Å². The van der Waals surface area contributed by atoms with Crippen LogP contribution >= 0.6 is 0 Å². The van der Waals surface area contributed by atoms with Gasteiger partial charge in [0.05, 0.1) is 23.9 Å². The van der Waals surface area contributed by atoms with Crippen molar-refractivity contribution in [1.82, 2.24) is 4.72 Å². The number of benzene rings is 1. The third-order valence-corrected chi connectivity index (χ3v) is 4.14. The van der Waals surface area contributed by atoms with Crippen LogP contribution in [0, 0.1) is 11.3 Å². The molecule has 0 fully saturated rings. The molecule has 0 spiro atoms. The number of unbranched alkanes of at least 4 members (excludes halogenated alkanes) is 1. The second-order valence-corrected chi connectivity index (χ2v) is 5.96. The molecule has 0 saturated carbocycles. The van der Waals surface area contributed by atoms with E-state index in [4.69, 9.17) is 15.7 Å². The Hall–Kier alpha value is -1.62. The van der Waals surface area contributed by atoms with Crippen molar-refractivity contribution in [3.63, 3.8) is 0 Å². The molecular weight excluding hydrogens is 278 g/mol. The van der Waals surface area contributed by atoms with Crippen LogP contribution in [0.1, 0.15) is 25.3 Å². The van der Waals surface area contributed by atoms with Crippen LogP contribution in [0.3, 0.4) is 0 Å². The Labute approximate surface area is 119 Å². The molecule has 1 rings (SSSR count). The quantitative estimate of drug-likeness (QED) is 0.554. The van der Waals surface area contributed by atoms with Crippen LogP contribution in [0.5, 0.6) is 0 Å². The second-order valence-electron chi connectivity index (χ2n) is 4.23. The molecule has 0 aliphatic rings. The molecule has 0 aliphatic heterocycles. The maximum atomic E-state index is 12.0. The summed E-state index contributed by atoms with van der Waals surface area (Å²) >= 11 is 0. The molecule has 0 aromatic heterocycles. The van der Waals surface area contributed by atoms with Crippen LogP contribution in [0.15, 0.2) is 23.1 Å². The van der Waals surface area contributed by atoms with E-state index in [9.17, 15) is 8.42 Å². The van der Waals surface area contributed by atoms with E-state index in [1.807, 2.05) is 6.07 Å². The Bertz CT molecular complexity index is 579. The van der Waals surface area contributed by atoms with Gasteiger partial charge in [-0.25, -0.2) is 13.1 Å². The van der Waals surface area contributed by atoms with E-state index in [1.165, 1.54) is 18.2 Å². The van der Waals surface area contributed by atoms with Crippen molar-refractivity contribution >= 4 is 15.7 Å². The highest BCUT2D eigenvalue weighted by molar-refractivity contribution is 7.89. The summed E-state index contributed by atoms with van der Waals surface area (Å²) in [6, 6.07) is 5.99. The summed E-state index contributed by atoms with van der Waals surface area (Å²) < 4.78 is 31.7. The number of nitrogens with one attached hydrogen (secondary N) is 1. The molecule has 3 N–H and O–H groups in total. The highest BCUT2D eigenvalue weighted by atomic mass is 32.2. The molecule has 0 atom stereocenters. The van der Waals surface area contributed by atoms with Crippen molar-refractivity contribution in [3.05, 3.63) is 23.8 Å². The zero-order valence-corrected chi connectivity index (χ0v) is 12.2. The molecule has 0 amide bonds. The lowest BCUT2D eigenvalue weighted by molar-refractivity contribution is 0.136. The first kappa shape index (κ1) is 16.4. The van der Waals surface area contributed by atoms with Gasteiger partial charge >= 0.3 is 0 Å². The van der Waals surface area contributed by atoms with Gasteiger partial charge in [0, 0.05) is 13.2 Å². The van der Waals surface area contributed by atoms with E-state index in [0.29, 0.717) is 18.8 Å². The maximum Gasteiger partial charge on any atom is 0.242 e. The molecule has 0 unspecified atom stereocenters. The fourth-order valence-electron chi connectivity index (χ4n) is 1.54. The highest BCUT2D eigenvalue weighted by Gasteiger charge is 2.16. The summed E-state index contributed by atoms with van der Waals surface area (Å²) in [7, 11) is -3.67. The Morgan fingerprint density at radius 1 is 1.40 bits per heavy atom. The average molecular weight is 297 g/mol. The van der Waals surface area contributed by atoms with Gasteiger partial charge in [0.2, 0.25) is 10.0 Å². The van der Waals surface area contributed by atoms with Crippen LogP contribution in [-0.2, 0) is 14.8 Å². The van der Waals surface area contributed by atoms with E-state index in [0.717, 1.165) is 12.8 Å². The van der Waals surface area contributed by atoms with E-state index in [2.05, 4.69) is 11.6 Å². The standard InChI is InChI=1S/C13H19N3O3S/c1-2-3-7-19-8-6-16-20(17,18)13-5-4-11(10-14)9-12(13)15/h4-5,9,16H,2-3,6-8,15H2,1H3. The molecule has 0 bridgehead atoms. The first-order valence-corrected chi connectivity index (χ1v) is 7.86. The number of rotatable bonds is 8. The van der Waals surface area contributed by atoms with Crippen LogP contribution in [0.4, 0.5) is 5.69 Å². The van der Waals surface area contributed by atoms with Crippen molar-refractivity contribution in [2.75, 3.05) is 25.5 Å². The fourth-order valence-corrected chi connectivity index (χ4v) is 2.66. The average Bonchev–Trinajstić information content (AvgIpc) is 2.42. The van der Waals surface area contributed by atoms with Crippen molar-refractivity contribution < 1.29 is 13.2 Å². The van der Waals surface area contributed by atoms with Gasteiger partial charge in [-0.15, -0.1) is 0 Å². The molecule has 110 valence electrons. The first-order valence-electron chi connectivity index (χ1n) is 6.38. The number of nitrogen functional groups attached to an aromatic ring is 1. The molecule has 6 nitrogen and oxygen atoms in total. The predicted molar refractivity (Wildman–Crippen MR) is 76.5 cm³/mol. The predicted octanol–water partition coefficient (Wildman–Crippen LogP) is 1.24. The van der Waals surface area contributed by atoms with Gasteiger partial charge in [-0.1, -0.05) is 13.3 Å². The molecule has 0 aliphatic carbocycles. The van der Waals surface area contributed by atoms with Gasteiger partial charge in [0.25, 0.3) is 0 Å².